The molecule has 0 spiro atoms. The van der Waals surface area contributed by atoms with Gasteiger partial charge in [-0.15, -0.1) is 0 Å². The molecule has 0 saturated heterocycles. The fourth-order valence-electron chi connectivity index (χ4n) is 0.989. The van der Waals surface area contributed by atoms with Crippen molar-refractivity contribution in [2.24, 2.45) is 0 Å². The van der Waals surface area contributed by atoms with Gasteiger partial charge in [-0.1, -0.05) is 12.1 Å². The maximum Gasteiger partial charge on any atom is 0.139 e. The highest BCUT2D eigenvalue weighted by Crippen LogP contribution is 2.26. The second-order valence-electron chi connectivity index (χ2n) is 2.53. The molecule has 0 fully saturated rings. The molecule has 0 radical (unpaired) electrons. The van der Waals surface area contributed by atoms with Crippen LogP contribution in [-0.2, 0) is 0 Å². The van der Waals surface area contributed by atoms with E-state index in [1.807, 2.05) is 6.07 Å². The molecular formula is C9H9NO2. The molecule has 62 valence electrons. The average molecular weight is 163 g/mol. The Morgan fingerprint density at radius 1 is 1.50 bits per heavy atom. The van der Waals surface area contributed by atoms with E-state index in [1.54, 1.807) is 12.1 Å². The van der Waals surface area contributed by atoms with Crippen molar-refractivity contribution in [3.05, 3.63) is 29.3 Å². The number of aromatic hydroxyl groups is 1. The van der Waals surface area contributed by atoms with Crippen molar-refractivity contribution >= 4 is 0 Å². The van der Waals surface area contributed by atoms with E-state index in [0.29, 0.717) is 5.56 Å². The zero-order valence-electron chi connectivity index (χ0n) is 6.65. The van der Waals surface area contributed by atoms with Crippen molar-refractivity contribution < 1.29 is 10.2 Å². The van der Waals surface area contributed by atoms with Gasteiger partial charge in [0.25, 0.3) is 0 Å². The van der Waals surface area contributed by atoms with Gasteiger partial charge in [0.1, 0.15) is 11.8 Å². The molecule has 0 aliphatic rings. The number of rotatable bonds is 1. The highest BCUT2D eigenvalue weighted by Gasteiger charge is 2.09. The molecule has 1 aromatic rings. The van der Waals surface area contributed by atoms with Crippen LogP contribution in [0.25, 0.3) is 0 Å². The Kier molecular flexibility index (Phi) is 2.32. The van der Waals surface area contributed by atoms with Gasteiger partial charge in [0, 0.05) is 5.56 Å². The van der Waals surface area contributed by atoms with E-state index in [0.717, 1.165) is 0 Å². The minimum Gasteiger partial charge on any atom is -0.506 e. The number of para-hydroxylation sites is 1. The van der Waals surface area contributed by atoms with Gasteiger partial charge >= 0.3 is 0 Å². The normalized spacial score (nSPS) is 12.1. The first-order chi connectivity index (χ1) is 5.66. The van der Waals surface area contributed by atoms with E-state index in [1.165, 1.54) is 13.0 Å². The molecule has 0 amide bonds. The summed E-state index contributed by atoms with van der Waals surface area (Å²) in [5.74, 6) is -0.130. The topological polar surface area (TPSA) is 64.2 Å². The molecule has 2 N–H and O–H groups in total. The van der Waals surface area contributed by atoms with Gasteiger partial charge in [0.2, 0.25) is 0 Å². The molecule has 1 aromatic carbocycles. The quantitative estimate of drug-likeness (QED) is 0.656. The van der Waals surface area contributed by atoms with E-state index >= 15 is 0 Å². The van der Waals surface area contributed by atoms with Crippen LogP contribution >= 0.6 is 0 Å². The molecule has 0 heterocycles. The fraction of sp³-hybridized carbons (Fsp3) is 0.222. The molecular weight excluding hydrogens is 154 g/mol. The van der Waals surface area contributed by atoms with Crippen LogP contribution in [0.1, 0.15) is 24.2 Å². The summed E-state index contributed by atoms with van der Waals surface area (Å²) < 4.78 is 0. The Balaban J connectivity index is 3.25. The summed E-state index contributed by atoms with van der Waals surface area (Å²) in [5.41, 5.74) is 0.572. The van der Waals surface area contributed by atoms with Crippen molar-refractivity contribution in [1.29, 1.82) is 5.26 Å². The molecule has 0 saturated carbocycles. The van der Waals surface area contributed by atoms with Gasteiger partial charge in [-0.05, 0) is 13.0 Å². The molecule has 1 unspecified atom stereocenters. The summed E-state index contributed by atoms with van der Waals surface area (Å²) >= 11 is 0. The molecule has 3 heteroatoms. The highest BCUT2D eigenvalue weighted by atomic mass is 16.3. The lowest BCUT2D eigenvalue weighted by molar-refractivity contribution is 0.195. The van der Waals surface area contributed by atoms with Gasteiger partial charge < -0.3 is 10.2 Å². The van der Waals surface area contributed by atoms with Crippen LogP contribution in [0.5, 0.6) is 5.75 Å². The monoisotopic (exact) mass is 163 g/mol. The standard InChI is InChI=1S/C9H9NO2/c1-6(11)8-4-2-3-7(5-10)9(8)12/h2-4,6,11-12H,1H3. The third kappa shape index (κ3) is 1.39. The van der Waals surface area contributed by atoms with Gasteiger partial charge in [0.15, 0.2) is 0 Å². The van der Waals surface area contributed by atoms with Crippen molar-refractivity contribution in [1.82, 2.24) is 0 Å². The summed E-state index contributed by atoms with van der Waals surface area (Å²) in [5, 5.41) is 27.1. The number of hydrogen-bond acceptors (Lipinski definition) is 3. The number of aliphatic hydroxyl groups excluding tert-OH is 1. The third-order valence-corrected chi connectivity index (χ3v) is 1.64. The zero-order valence-corrected chi connectivity index (χ0v) is 6.65. The first-order valence-corrected chi connectivity index (χ1v) is 3.57. The predicted octanol–water partition coefficient (Wildman–Crippen LogP) is 1.32. The largest absolute Gasteiger partial charge is 0.506 e. The Bertz CT molecular complexity index is 326. The number of hydrogen-bond donors (Lipinski definition) is 2. The molecule has 0 aliphatic heterocycles. The lowest BCUT2D eigenvalue weighted by atomic mass is 10.1. The molecule has 12 heavy (non-hydrogen) atoms. The number of nitriles is 1. The van der Waals surface area contributed by atoms with Crippen LogP contribution in [0.15, 0.2) is 18.2 Å². The number of phenolic OH excluding ortho intramolecular Hbond substituents is 1. The second-order valence-corrected chi connectivity index (χ2v) is 2.53. The highest BCUT2D eigenvalue weighted by molar-refractivity contribution is 5.47. The van der Waals surface area contributed by atoms with Crippen LogP contribution in [-0.4, -0.2) is 10.2 Å². The molecule has 0 aliphatic carbocycles. The molecule has 0 bridgehead atoms. The number of phenols is 1. The summed E-state index contributed by atoms with van der Waals surface area (Å²) in [7, 11) is 0. The first-order valence-electron chi connectivity index (χ1n) is 3.57. The van der Waals surface area contributed by atoms with E-state index in [-0.39, 0.29) is 11.3 Å². The van der Waals surface area contributed by atoms with Gasteiger partial charge in [-0.3, -0.25) is 0 Å². The van der Waals surface area contributed by atoms with Gasteiger partial charge in [0.05, 0.1) is 11.7 Å². The maximum absolute atomic E-state index is 9.38. The van der Waals surface area contributed by atoms with Crippen LogP contribution in [0.2, 0.25) is 0 Å². The zero-order chi connectivity index (χ0) is 9.14. The van der Waals surface area contributed by atoms with E-state index in [2.05, 4.69) is 0 Å². The Labute approximate surface area is 70.5 Å². The summed E-state index contributed by atoms with van der Waals surface area (Å²) in [6.07, 6.45) is -0.752. The number of aliphatic hydroxyl groups is 1. The lowest BCUT2D eigenvalue weighted by Gasteiger charge is -2.07. The number of benzene rings is 1. The minimum absolute atomic E-state index is 0.130. The van der Waals surface area contributed by atoms with Gasteiger partial charge in [-0.2, -0.15) is 5.26 Å². The Morgan fingerprint density at radius 2 is 2.17 bits per heavy atom. The summed E-state index contributed by atoms with van der Waals surface area (Å²) in [6.45, 7) is 1.54. The molecule has 1 rings (SSSR count). The van der Waals surface area contributed by atoms with Crippen molar-refractivity contribution in [3.63, 3.8) is 0 Å². The second kappa shape index (κ2) is 3.24. The van der Waals surface area contributed by atoms with Crippen LogP contribution < -0.4 is 0 Å². The minimum atomic E-state index is -0.752. The van der Waals surface area contributed by atoms with Crippen molar-refractivity contribution in [3.8, 4) is 11.8 Å². The SMILES string of the molecule is CC(O)c1cccc(C#N)c1O. The van der Waals surface area contributed by atoms with Crippen LogP contribution in [0.4, 0.5) is 0 Å². The molecule has 1 atom stereocenters. The maximum atomic E-state index is 9.38. The van der Waals surface area contributed by atoms with E-state index < -0.39 is 6.10 Å². The van der Waals surface area contributed by atoms with E-state index in [9.17, 15) is 5.11 Å². The summed E-state index contributed by atoms with van der Waals surface area (Å²) in [4.78, 5) is 0. The van der Waals surface area contributed by atoms with Gasteiger partial charge in [-0.25, -0.2) is 0 Å². The van der Waals surface area contributed by atoms with E-state index in [4.69, 9.17) is 10.4 Å². The predicted molar refractivity (Wildman–Crippen MR) is 43.5 cm³/mol. The van der Waals surface area contributed by atoms with Crippen molar-refractivity contribution in [2.45, 2.75) is 13.0 Å². The van der Waals surface area contributed by atoms with Crippen LogP contribution in [0.3, 0.4) is 0 Å². The average Bonchev–Trinajstić information content (AvgIpc) is 2.04. The van der Waals surface area contributed by atoms with Crippen molar-refractivity contribution in [2.75, 3.05) is 0 Å². The van der Waals surface area contributed by atoms with Crippen LogP contribution in [0, 0.1) is 11.3 Å². The Morgan fingerprint density at radius 3 is 2.67 bits per heavy atom. The molecule has 0 aromatic heterocycles. The first kappa shape index (κ1) is 8.57. The lowest BCUT2D eigenvalue weighted by Crippen LogP contribution is -1.92. The summed E-state index contributed by atoms with van der Waals surface area (Å²) in [6, 6.07) is 6.54. The Hall–Kier alpha value is -1.53. The third-order valence-electron chi connectivity index (χ3n) is 1.64. The fourth-order valence-corrected chi connectivity index (χ4v) is 0.989. The number of nitrogens with zero attached hydrogens (tertiary/aromatic N) is 1. The smallest absolute Gasteiger partial charge is 0.139 e. The molecule has 3 nitrogen and oxygen atoms in total.